The number of ether oxygens (including phenoxy) is 2. The predicted molar refractivity (Wildman–Crippen MR) is 60.0 cm³/mol. The number of nitrogen functional groups attached to an aromatic ring is 1. The van der Waals surface area contributed by atoms with E-state index in [9.17, 15) is 0 Å². The second-order valence-corrected chi connectivity index (χ2v) is 4.12. The minimum atomic E-state index is 0.534. The summed E-state index contributed by atoms with van der Waals surface area (Å²) in [7, 11) is 0. The van der Waals surface area contributed by atoms with E-state index in [1.165, 1.54) is 0 Å². The molecule has 0 saturated carbocycles. The summed E-state index contributed by atoms with van der Waals surface area (Å²) in [6.07, 6.45) is 1.10. The Kier molecular flexibility index (Phi) is 3.11. The Hall–Kier alpha value is -1.22. The molecule has 82 valence electrons. The normalized spacial score (nSPS) is 20.5. The molecule has 1 fully saturated rings. The van der Waals surface area contributed by atoms with Crippen molar-refractivity contribution in [3.63, 3.8) is 0 Å². The number of anilines is 1. The van der Waals surface area contributed by atoms with Crippen molar-refractivity contribution in [1.82, 2.24) is 0 Å². The summed E-state index contributed by atoms with van der Waals surface area (Å²) in [4.78, 5) is 0. The highest BCUT2D eigenvalue weighted by Crippen LogP contribution is 2.20. The molecule has 1 aromatic carbocycles. The summed E-state index contributed by atoms with van der Waals surface area (Å²) < 4.78 is 11.0. The lowest BCUT2D eigenvalue weighted by atomic mass is 10.1. The maximum Gasteiger partial charge on any atom is 0.121 e. The number of nitrogens with two attached hydrogens (primary N) is 1. The third-order valence-corrected chi connectivity index (χ3v) is 2.58. The van der Waals surface area contributed by atoms with E-state index in [2.05, 4.69) is 0 Å². The second kappa shape index (κ2) is 4.53. The fraction of sp³-hybridized carbons (Fsp3) is 0.500. The molecule has 0 aromatic heterocycles. The fourth-order valence-electron chi connectivity index (χ4n) is 1.79. The van der Waals surface area contributed by atoms with Crippen molar-refractivity contribution < 1.29 is 9.47 Å². The van der Waals surface area contributed by atoms with Gasteiger partial charge in [-0.15, -0.1) is 0 Å². The standard InChI is InChI=1S/C12H17NO2/c1-9-4-11(13)6-12(5-9)15-8-10-2-3-14-7-10/h4-6,10H,2-3,7-8,13H2,1H3. The summed E-state index contributed by atoms with van der Waals surface area (Å²) in [6, 6.07) is 5.81. The van der Waals surface area contributed by atoms with Gasteiger partial charge in [-0.3, -0.25) is 0 Å². The Morgan fingerprint density at radius 1 is 1.47 bits per heavy atom. The van der Waals surface area contributed by atoms with Crippen molar-refractivity contribution in [2.24, 2.45) is 5.92 Å². The molecule has 2 N–H and O–H groups in total. The highest BCUT2D eigenvalue weighted by Gasteiger charge is 2.16. The van der Waals surface area contributed by atoms with Gasteiger partial charge in [0.2, 0.25) is 0 Å². The molecule has 0 amide bonds. The number of hydrogen-bond donors (Lipinski definition) is 1. The zero-order valence-electron chi connectivity index (χ0n) is 9.03. The van der Waals surface area contributed by atoms with Gasteiger partial charge in [-0.05, 0) is 31.0 Å². The molecule has 1 aromatic rings. The van der Waals surface area contributed by atoms with E-state index in [1.807, 2.05) is 25.1 Å². The molecule has 1 heterocycles. The minimum absolute atomic E-state index is 0.534. The van der Waals surface area contributed by atoms with Crippen molar-refractivity contribution >= 4 is 5.69 Å². The van der Waals surface area contributed by atoms with E-state index in [1.54, 1.807) is 0 Å². The summed E-state index contributed by atoms with van der Waals surface area (Å²) in [6.45, 7) is 4.43. The number of hydrogen-bond acceptors (Lipinski definition) is 3. The van der Waals surface area contributed by atoms with E-state index in [0.717, 1.165) is 43.2 Å². The van der Waals surface area contributed by atoms with Crippen LogP contribution in [0.25, 0.3) is 0 Å². The van der Waals surface area contributed by atoms with Gasteiger partial charge in [-0.2, -0.15) is 0 Å². The quantitative estimate of drug-likeness (QED) is 0.771. The van der Waals surface area contributed by atoms with Gasteiger partial charge in [-0.25, -0.2) is 0 Å². The molecule has 15 heavy (non-hydrogen) atoms. The van der Waals surface area contributed by atoms with E-state index in [-0.39, 0.29) is 0 Å². The molecule has 3 nitrogen and oxygen atoms in total. The maximum absolute atomic E-state index is 5.74. The van der Waals surface area contributed by atoms with Crippen LogP contribution >= 0.6 is 0 Å². The highest BCUT2D eigenvalue weighted by molar-refractivity contribution is 5.47. The van der Waals surface area contributed by atoms with Crippen LogP contribution in [-0.4, -0.2) is 19.8 Å². The Balaban J connectivity index is 1.92. The van der Waals surface area contributed by atoms with E-state index in [4.69, 9.17) is 15.2 Å². The van der Waals surface area contributed by atoms with E-state index < -0.39 is 0 Å². The average molecular weight is 207 g/mol. The third kappa shape index (κ3) is 2.86. The topological polar surface area (TPSA) is 44.5 Å². The van der Waals surface area contributed by atoms with Gasteiger partial charge in [0.15, 0.2) is 0 Å². The second-order valence-electron chi connectivity index (χ2n) is 4.12. The zero-order chi connectivity index (χ0) is 10.7. The van der Waals surface area contributed by atoms with Gasteiger partial charge in [-0.1, -0.05) is 0 Å². The summed E-state index contributed by atoms with van der Waals surface area (Å²) >= 11 is 0. The summed E-state index contributed by atoms with van der Waals surface area (Å²) in [5.74, 6) is 1.39. The summed E-state index contributed by atoms with van der Waals surface area (Å²) in [5.41, 5.74) is 7.63. The monoisotopic (exact) mass is 207 g/mol. The molecule has 0 aliphatic carbocycles. The number of benzene rings is 1. The van der Waals surface area contributed by atoms with Crippen LogP contribution in [0.5, 0.6) is 5.75 Å². The Bertz CT molecular complexity index is 312. The largest absolute Gasteiger partial charge is 0.493 e. The lowest BCUT2D eigenvalue weighted by molar-refractivity contribution is 0.167. The minimum Gasteiger partial charge on any atom is -0.493 e. The fourth-order valence-corrected chi connectivity index (χ4v) is 1.79. The van der Waals surface area contributed by atoms with Gasteiger partial charge in [0.05, 0.1) is 13.2 Å². The van der Waals surface area contributed by atoms with Crippen LogP contribution in [0.2, 0.25) is 0 Å². The van der Waals surface area contributed by atoms with Crippen molar-refractivity contribution in [3.05, 3.63) is 23.8 Å². The van der Waals surface area contributed by atoms with Gasteiger partial charge in [0.1, 0.15) is 5.75 Å². The smallest absolute Gasteiger partial charge is 0.121 e. The molecule has 1 unspecified atom stereocenters. The molecule has 0 bridgehead atoms. The van der Waals surface area contributed by atoms with Crippen LogP contribution in [0.15, 0.2) is 18.2 Å². The number of aryl methyl sites for hydroxylation is 1. The molecule has 1 aliphatic heterocycles. The maximum atomic E-state index is 5.74. The SMILES string of the molecule is Cc1cc(N)cc(OCC2CCOC2)c1. The molecule has 0 radical (unpaired) electrons. The van der Waals surface area contributed by atoms with Crippen LogP contribution in [0.1, 0.15) is 12.0 Å². The van der Waals surface area contributed by atoms with Gasteiger partial charge >= 0.3 is 0 Å². The van der Waals surface area contributed by atoms with Crippen molar-refractivity contribution in [2.45, 2.75) is 13.3 Å². The lowest BCUT2D eigenvalue weighted by Crippen LogP contribution is -2.11. The molecule has 1 saturated heterocycles. The van der Waals surface area contributed by atoms with Gasteiger partial charge in [0, 0.05) is 24.3 Å². The van der Waals surface area contributed by atoms with Gasteiger partial charge in [0.25, 0.3) is 0 Å². The van der Waals surface area contributed by atoms with Crippen molar-refractivity contribution in [3.8, 4) is 5.75 Å². The first-order chi connectivity index (χ1) is 7.24. The van der Waals surface area contributed by atoms with E-state index >= 15 is 0 Å². The Morgan fingerprint density at radius 3 is 3.00 bits per heavy atom. The predicted octanol–water partition coefficient (Wildman–Crippen LogP) is 1.99. The first kappa shape index (κ1) is 10.3. The van der Waals surface area contributed by atoms with Crippen LogP contribution in [0.3, 0.4) is 0 Å². The van der Waals surface area contributed by atoms with Crippen LogP contribution in [0.4, 0.5) is 5.69 Å². The highest BCUT2D eigenvalue weighted by atomic mass is 16.5. The van der Waals surface area contributed by atoms with Crippen LogP contribution in [0, 0.1) is 12.8 Å². The molecular weight excluding hydrogens is 190 g/mol. The van der Waals surface area contributed by atoms with Crippen LogP contribution < -0.4 is 10.5 Å². The Morgan fingerprint density at radius 2 is 2.33 bits per heavy atom. The first-order valence-electron chi connectivity index (χ1n) is 5.32. The zero-order valence-corrected chi connectivity index (χ0v) is 9.03. The average Bonchev–Trinajstić information content (AvgIpc) is 2.65. The van der Waals surface area contributed by atoms with E-state index in [0.29, 0.717) is 5.92 Å². The lowest BCUT2D eigenvalue weighted by Gasteiger charge is -2.11. The third-order valence-electron chi connectivity index (χ3n) is 2.58. The van der Waals surface area contributed by atoms with Crippen molar-refractivity contribution in [1.29, 1.82) is 0 Å². The molecule has 0 spiro atoms. The molecule has 1 aliphatic rings. The molecule has 2 rings (SSSR count). The van der Waals surface area contributed by atoms with Gasteiger partial charge < -0.3 is 15.2 Å². The summed E-state index contributed by atoms with van der Waals surface area (Å²) in [5, 5.41) is 0. The Labute approximate surface area is 90.2 Å². The molecule has 3 heteroatoms. The number of rotatable bonds is 3. The first-order valence-corrected chi connectivity index (χ1v) is 5.32. The molecular formula is C12H17NO2. The van der Waals surface area contributed by atoms with Crippen molar-refractivity contribution in [2.75, 3.05) is 25.6 Å². The molecule has 1 atom stereocenters. The van der Waals surface area contributed by atoms with Crippen LogP contribution in [-0.2, 0) is 4.74 Å².